The SMILES string of the molecule is C=C1/C(=C/C=C2\C=CC[C@]3(C)[C@@H]([C@H](C)CCCC(C)(C)O)CC[C@@H]23)C[C@@H](O)C[C@@H]1O. The van der Waals surface area contributed by atoms with Crippen molar-refractivity contribution in [2.24, 2.45) is 23.2 Å². The van der Waals surface area contributed by atoms with Crippen LogP contribution in [0.2, 0.25) is 0 Å². The minimum absolute atomic E-state index is 0.288. The van der Waals surface area contributed by atoms with E-state index >= 15 is 0 Å². The smallest absolute Gasteiger partial charge is 0.0811 e. The van der Waals surface area contributed by atoms with Crippen molar-refractivity contribution >= 4 is 0 Å². The summed E-state index contributed by atoms with van der Waals surface area (Å²) >= 11 is 0. The van der Waals surface area contributed by atoms with Gasteiger partial charge in [0.2, 0.25) is 0 Å². The van der Waals surface area contributed by atoms with Crippen LogP contribution in [0.4, 0.5) is 0 Å². The molecule has 0 spiro atoms. The number of allylic oxidation sites excluding steroid dienone is 5. The lowest BCUT2D eigenvalue weighted by Gasteiger charge is -2.42. The highest BCUT2D eigenvalue weighted by Gasteiger charge is 2.49. The molecule has 0 amide bonds. The van der Waals surface area contributed by atoms with Crippen molar-refractivity contribution in [3.8, 4) is 0 Å². The van der Waals surface area contributed by atoms with E-state index in [1.807, 2.05) is 13.8 Å². The molecule has 0 bridgehead atoms. The van der Waals surface area contributed by atoms with Gasteiger partial charge in [-0.3, -0.25) is 0 Å². The topological polar surface area (TPSA) is 60.7 Å². The third-order valence-electron chi connectivity index (χ3n) is 8.06. The Labute approximate surface area is 183 Å². The van der Waals surface area contributed by atoms with Gasteiger partial charge in [0, 0.05) is 6.42 Å². The van der Waals surface area contributed by atoms with Crippen molar-refractivity contribution in [3.05, 3.63) is 47.6 Å². The van der Waals surface area contributed by atoms with E-state index in [0.29, 0.717) is 30.6 Å². The molecule has 30 heavy (non-hydrogen) atoms. The third kappa shape index (κ3) is 5.18. The molecule has 0 heterocycles. The molecule has 0 radical (unpaired) electrons. The van der Waals surface area contributed by atoms with Crippen molar-refractivity contribution in [1.29, 1.82) is 0 Å². The van der Waals surface area contributed by atoms with Crippen LogP contribution in [0.25, 0.3) is 0 Å². The van der Waals surface area contributed by atoms with Crippen LogP contribution in [0.5, 0.6) is 0 Å². The van der Waals surface area contributed by atoms with Crippen LogP contribution in [-0.2, 0) is 0 Å². The van der Waals surface area contributed by atoms with Gasteiger partial charge in [0.1, 0.15) is 0 Å². The van der Waals surface area contributed by atoms with Crippen LogP contribution < -0.4 is 0 Å². The van der Waals surface area contributed by atoms with Gasteiger partial charge < -0.3 is 15.3 Å². The lowest BCUT2D eigenvalue weighted by Crippen LogP contribution is -2.34. The highest BCUT2D eigenvalue weighted by atomic mass is 16.3. The second-order valence-electron chi connectivity index (χ2n) is 11.0. The standard InChI is InChI=1S/C27H42O3/c1-18(8-6-14-26(3,4)30)23-12-13-24-20(9-7-15-27(23,24)5)10-11-21-16-22(28)17-25(29)19(21)2/h7,9-11,18,22-25,28-30H,2,6,8,12-17H2,1,3-5H3/b20-10+,21-11+/t18-,22-,23-,24+,25+,27-/m1/s1. The number of fused-ring (bicyclic) bond motifs is 1. The summed E-state index contributed by atoms with van der Waals surface area (Å²) in [5, 5.41) is 30.2. The van der Waals surface area contributed by atoms with Crippen LogP contribution in [0.3, 0.4) is 0 Å². The Morgan fingerprint density at radius 1 is 1.27 bits per heavy atom. The zero-order chi connectivity index (χ0) is 22.1. The summed E-state index contributed by atoms with van der Waals surface area (Å²) in [6.45, 7) is 12.7. The quantitative estimate of drug-likeness (QED) is 0.539. The monoisotopic (exact) mass is 414 g/mol. The fourth-order valence-electron chi connectivity index (χ4n) is 6.29. The maximum atomic E-state index is 10.1. The normalized spacial score (nSPS) is 38.3. The van der Waals surface area contributed by atoms with E-state index in [1.165, 1.54) is 24.8 Å². The van der Waals surface area contributed by atoms with Gasteiger partial charge in [-0.05, 0) is 85.8 Å². The van der Waals surface area contributed by atoms with E-state index in [0.717, 1.165) is 30.4 Å². The van der Waals surface area contributed by atoms with Gasteiger partial charge in [-0.1, -0.05) is 57.6 Å². The molecule has 3 heteroatoms. The lowest BCUT2D eigenvalue weighted by molar-refractivity contribution is 0.0625. The zero-order valence-corrected chi connectivity index (χ0v) is 19.4. The van der Waals surface area contributed by atoms with Gasteiger partial charge in [-0.2, -0.15) is 0 Å². The molecule has 3 aliphatic carbocycles. The molecule has 3 nitrogen and oxygen atoms in total. The minimum Gasteiger partial charge on any atom is -0.393 e. The van der Waals surface area contributed by atoms with E-state index in [9.17, 15) is 15.3 Å². The Morgan fingerprint density at radius 3 is 2.70 bits per heavy atom. The largest absolute Gasteiger partial charge is 0.393 e. The Balaban J connectivity index is 1.72. The molecule has 0 saturated heterocycles. The summed E-state index contributed by atoms with van der Waals surface area (Å²) in [4.78, 5) is 0. The molecular formula is C27H42O3. The maximum Gasteiger partial charge on any atom is 0.0811 e. The molecular weight excluding hydrogens is 372 g/mol. The predicted molar refractivity (Wildman–Crippen MR) is 124 cm³/mol. The van der Waals surface area contributed by atoms with Crippen molar-refractivity contribution in [3.63, 3.8) is 0 Å². The number of hydrogen-bond donors (Lipinski definition) is 3. The number of hydrogen-bond acceptors (Lipinski definition) is 3. The molecule has 0 aromatic carbocycles. The molecule has 6 atom stereocenters. The van der Waals surface area contributed by atoms with Crippen LogP contribution in [0, 0.1) is 23.2 Å². The highest BCUT2D eigenvalue weighted by molar-refractivity contribution is 5.41. The Hall–Kier alpha value is -1.16. The van der Waals surface area contributed by atoms with Crippen molar-refractivity contribution in [2.45, 2.75) is 96.9 Å². The van der Waals surface area contributed by atoms with E-state index in [1.54, 1.807) is 0 Å². The van der Waals surface area contributed by atoms with Crippen LogP contribution in [0.1, 0.15) is 79.1 Å². The summed E-state index contributed by atoms with van der Waals surface area (Å²) in [5.41, 5.74) is 2.83. The second kappa shape index (κ2) is 9.14. The molecule has 0 aromatic rings. The van der Waals surface area contributed by atoms with Crippen LogP contribution >= 0.6 is 0 Å². The minimum atomic E-state index is -0.633. The molecule has 3 rings (SSSR count). The Morgan fingerprint density at radius 2 is 2.00 bits per heavy atom. The molecule has 2 saturated carbocycles. The fraction of sp³-hybridized carbons (Fsp3) is 0.704. The van der Waals surface area contributed by atoms with Crippen LogP contribution in [0.15, 0.2) is 47.6 Å². The molecule has 0 aliphatic heterocycles. The van der Waals surface area contributed by atoms with E-state index < -0.39 is 17.8 Å². The summed E-state index contributed by atoms with van der Waals surface area (Å²) in [6.07, 6.45) is 15.5. The Bertz CT molecular complexity index is 723. The first-order valence-electron chi connectivity index (χ1n) is 11.9. The van der Waals surface area contributed by atoms with Crippen molar-refractivity contribution < 1.29 is 15.3 Å². The first-order valence-corrected chi connectivity index (χ1v) is 11.9. The van der Waals surface area contributed by atoms with Crippen molar-refractivity contribution in [1.82, 2.24) is 0 Å². The van der Waals surface area contributed by atoms with Gasteiger partial charge >= 0.3 is 0 Å². The highest BCUT2D eigenvalue weighted by Crippen LogP contribution is 2.58. The Kier molecular flexibility index (Phi) is 7.16. The molecule has 3 aliphatic rings. The number of rotatable bonds is 6. The van der Waals surface area contributed by atoms with Gasteiger partial charge in [0.15, 0.2) is 0 Å². The summed E-state index contributed by atoms with van der Waals surface area (Å²) in [6, 6.07) is 0. The molecule has 0 aromatic heterocycles. The second-order valence-corrected chi connectivity index (χ2v) is 11.0. The van der Waals surface area contributed by atoms with Crippen molar-refractivity contribution in [2.75, 3.05) is 0 Å². The summed E-state index contributed by atoms with van der Waals surface area (Å²) in [7, 11) is 0. The van der Waals surface area contributed by atoms with Gasteiger partial charge in [0.05, 0.1) is 17.8 Å². The summed E-state index contributed by atoms with van der Waals surface area (Å²) in [5.74, 6) is 1.93. The van der Waals surface area contributed by atoms with E-state index in [2.05, 4.69) is 44.7 Å². The zero-order valence-electron chi connectivity index (χ0n) is 19.4. The maximum absolute atomic E-state index is 10.1. The van der Waals surface area contributed by atoms with E-state index in [4.69, 9.17) is 0 Å². The molecule has 168 valence electrons. The predicted octanol–water partition coefficient (Wildman–Crippen LogP) is 5.48. The molecule has 3 N–H and O–H groups in total. The molecule has 0 unspecified atom stereocenters. The van der Waals surface area contributed by atoms with Gasteiger partial charge in [-0.15, -0.1) is 0 Å². The van der Waals surface area contributed by atoms with E-state index in [-0.39, 0.29) is 5.41 Å². The fourth-order valence-corrected chi connectivity index (χ4v) is 6.29. The number of aliphatic hydroxyl groups is 3. The average Bonchev–Trinajstić information content (AvgIpc) is 3.00. The lowest BCUT2D eigenvalue weighted by atomic mass is 9.62. The third-order valence-corrected chi connectivity index (χ3v) is 8.06. The van der Waals surface area contributed by atoms with Crippen LogP contribution in [-0.4, -0.2) is 33.1 Å². The first kappa shape index (κ1) is 23.5. The average molecular weight is 415 g/mol. The number of aliphatic hydroxyl groups excluding tert-OH is 2. The van der Waals surface area contributed by atoms with Gasteiger partial charge in [-0.25, -0.2) is 0 Å². The summed E-state index contributed by atoms with van der Waals surface area (Å²) < 4.78 is 0. The first-order chi connectivity index (χ1) is 14.0. The van der Waals surface area contributed by atoms with Gasteiger partial charge in [0.25, 0.3) is 0 Å². The molecule has 2 fully saturated rings.